The molecule has 2 aromatic rings. The summed E-state index contributed by atoms with van der Waals surface area (Å²) in [5.74, 6) is 0. The molecule has 0 bridgehead atoms. The average molecular weight is 320 g/mol. The predicted octanol–water partition coefficient (Wildman–Crippen LogP) is 5.38. The van der Waals surface area contributed by atoms with E-state index < -0.39 is 0 Å². The van der Waals surface area contributed by atoms with Crippen molar-refractivity contribution in [2.24, 2.45) is 0 Å². The standard InChI is InChI=1S/C18H22ClNS/c1-5-20-18(14-8-6-7-9-17(14)21-4)15-10-12(2)13(3)11-16(15)19/h6-11,18,20H,5H2,1-4H3. The van der Waals surface area contributed by atoms with E-state index in [1.54, 1.807) is 11.8 Å². The second kappa shape index (κ2) is 7.35. The molecule has 1 nitrogen and oxygen atoms in total. The first-order valence-corrected chi connectivity index (χ1v) is 8.81. The molecule has 0 aliphatic carbocycles. The van der Waals surface area contributed by atoms with Crippen LogP contribution in [0.15, 0.2) is 41.3 Å². The maximum absolute atomic E-state index is 6.53. The third kappa shape index (κ3) is 3.63. The van der Waals surface area contributed by atoms with E-state index in [-0.39, 0.29) is 6.04 Å². The largest absolute Gasteiger partial charge is 0.306 e. The minimum Gasteiger partial charge on any atom is -0.306 e. The van der Waals surface area contributed by atoms with Crippen molar-refractivity contribution in [3.8, 4) is 0 Å². The first kappa shape index (κ1) is 16.4. The van der Waals surface area contributed by atoms with Crippen LogP contribution in [0.3, 0.4) is 0 Å². The average Bonchev–Trinajstić information content (AvgIpc) is 2.49. The zero-order valence-electron chi connectivity index (χ0n) is 13.0. The lowest BCUT2D eigenvalue weighted by molar-refractivity contribution is 0.622. The maximum atomic E-state index is 6.53. The Morgan fingerprint density at radius 1 is 1.10 bits per heavy atom. The van der Waals surface area contributed by atoms with E-state index in [0.29, 0.717) is 0 Å². The van der Waals surface area contributed by atoms with Gasteiger partial charge in [0.2, 0.25) is 0 Å². The van der Waals surface area contributed by atoms with Crippen LogP contribution in [-0.2, 0) is 0 Å². The fourth-order valence-electron chi connectivity index (χ4n) is 2.52. The van der Waals surface area contributed by atoms with Gasteiger partial charge in [0, 0.05) is 9.92 Å². The van der Waals surface area contributed by atoms with E-state index in [9.17, 15) is 0 Å². The van der Waals surface area contributed by atoms with Gasteiger partial charge in [-0.15, -0.1) is 11.8 Å². The van der Waals surface area contributed by atoms with Gasteiger partial charge in [-0.1, -0.05) is 42.8 Å². The van der Waals surface area contributed by atoms with Crippen LogP contribution in [0.1, 0.15) is 35.2 Å². The highest BCUT2D eigenvalue weighted by Gasteiger charge is 2.19. The van der Waals surface area contributed by atoms with Crippen LogP contribution in [0.4, 0.5) is 0 Å². The Morgan fingerprint density at radius 2 is 1.76 bits per heavy atom. The van der Waals surface area contributed by atoms with Gasteiger partial charge in [0.1, 0.15) is 0 Å². The molecule has 2 rings (SSSR count). The quantitative estimate of drug-likeness (QED) is 0.743. The van der Waals surface area contributed by atoms with Gasteiger partial charge in [-0.2, -0.15) is 0 Å². The minimum atomic E-state index is 0.130. The van der Waals surface area contributed by atoms with Gasteiger partial charge in [0.25, 0.3) is 0 Å². The molecule has 1 unspecified atom stereocenters. The van der Waals surface area contributed by atoms with Crippen molar-refractivity contribution in [2.75, 3.05) is 12.8 Å². The van der Waals surface area contributed by atoms with Crippen molar-refractivity contribution in [1.82, 2.24) is 5.32 Å². The van der Waals surface area contributed by atoms with Crippen molar-refractivity contribution in [3.63, 3.8) is 0 Å². The Balaban J connectivity index is 2.56. The predicted molar refractivity (Wildman–Crippen MR) is 94.7 cm³/mol. The summed E-state index contributed by atoms with van der Waals surface area (Å²) in [4.78, 5) is 1.29. The van der Waals surface area contributed by atoms with Crippen LogP contribution < -0.4 is 5.32 Å². The van der Waals surface area contributed by atoms with Crippen molar-refractivity contribution < 1.29 is 0 Å². The molecule has 2 aromatic carbocycles. The number of hydrogen-bond donors (Lipinski definition) is 1. The first-order valence-electron chi connectivity index (χ1n) is 7.21. The zero-order valence-corrected chi connectivity index (χ0v) is 14.6. The van der Waals surface area contributed by atoms with E-state index >= 15 is 0 Å². The minimum absolute atomic E-state index is 0.130. The summed E-state index contributed by atoms with van der Waals surface area (Å²) in [5, 5.41) is 4.41. The molecule has 112 valence electrons. The van der Waals surface area contributed by atoms with Crippen LogP contribution in [-0.4, -0.2) is 12.8 Å². The van der Waals surface area contributed by atoms with Crippen molar-refractivity contribution >= 4 is 23.4 Å². The van der Waals surface area contributed by atoms with Crippen LogP contribution in [0.2, 0.25) is 5.02 Å². The summed E-state index contributed by atoms with van der Waals surface area (Å²) in [5.41, 5.74) is 4.95. The number of thioether (sulfide) groups is 1. The zero-order chi connectivity index (χ0) is 15.4. The molecule has 3 heteroatoms. The highest BCUT2D eigenvalue weighted by Crippen LogP contribution is 2.34. The summed E-state index contributed by atoms with van der Waals surface area (Å²) < 4.78 is 0. The molecule has 0 aliphatic heterocycles. The summed E-state index contributed by atoms with van der Waals surface area (Å²) in [6.45, 7) is 7.27. The topological polar surface area (TPSA) is 12.0 Å². The number of halogens is 1. The Kier molecular flexibility index (Phi) is 5.74. The lowest BCUT2D eigenvalue weighted by Gasteiger charge is -2.23. The van der Waals surface area contributed by atoms with Gasteiger partial charge in [-0.05, 0) is 61.0 Å². The molecule has 0 aliphatic rings. The lowest BCUT2D eigenvalue weighted by atomic mass is 9.95. The summed E-state index contributed by atoms with van der Waals surface area (Å²) in [6.07, 6.45) is 2.11. The highest BCUT2D eigenvalue weighted by atomic mass is 35.5. The Bertz CT molecular complexity index is 625. The fourth-order valence-corrected chi connectivity index (χ4v) is 3.48. The molecule has 21 heavy (non-hydrogen) atoms. The molecule has 0 spiro atoms. The van der Waals surface area contributed by atoms with Crippen molar-refractivity contribution in [3.05, 3.63) is 63.7 Å². The van der Waals surface area contributed by atoms with E-state index in [2.05, 4.69) is 68.7 Å². The van der Waals surface area contributed by atoms with E-state index in [1.165, 1.54) is 21.6 Å². The SMILES string of the molecule is CCNC(c1cc(C)c(C)cc1Cl)c1ccccc1SC. The molecule has 0 heterocycles. The summed E-state index contributed by atoms with van der Waals surface area (Å²) >= 11 is 8.30. The Labute approximate surface area is 137 Å². The Hall–Kier alpha value is -0.960. The van der Waals surface area contributed by atoms with Crippen LogP contribution in [0.5, 0.6) is 0 Å². The van der Waals surface area contributed by atoms with Crippen molar-refractivity contribution in [2.45, 2.75) is 31.7 Å². The molecule has 0 saturated heterocycles. The van der Waals surface area contributed by atoms with Gasteiger partial charge in [-0.3, -0.25) is 0 Å². The fraction of sp³-hybridized carbons (Fsp3) is 0.333. The van der Waals surface area contributed by atoms with Crippen LogP contribution in [0.25, 0.3) is 0 Å². The second-order valence-electron chi connectivity index (χ2n) is 5.19. The summed E-state index contributed by atoms with van der Waals surface area (Å²) in [7, 11) is 0. The number of nitrogens with one attached hydrogen (secondary N) is 1. The molecule has 1 atom stereocenters. The monoisotopic (exact) mass is 319 g/mol. The van der Waals surface area contributed by atoms with Gasteiger partial charge in [-0.25, -0.2) is 0 Å². The van der Waals surface area contributed by atoms with E-state index in [1.807, 2.05) is 0 Å². The number of rotatable bonds is 5. The number of benzene rings is 2. The highest BCUT2D eigenvalue weighted by molar-refractivity contribution is 7.98. The molecule has 0 amide bonds. The molecule has 0 fully saturated rings. The van der Waals surface area contributed by atoms with Crippen LogP contribution in [0, 0.1) is 13.8 Å². The normalized spacial score (nSPS) is 12.4. The van der Waals surface area contributed by atoms with E-state index in [0.717, 1.165) is 17.1 Å². The lowest BCUT2D eigenvalue weighted by Crippen LogP contribution is -2.23. The molecular formula is C18H22ClNS. The molecule has 0 radical (unpaired) electrons. The van der Waals surface area contributed by atoms with E-state index in [4.69, 9.17) is 11.6 Å². The first-order chi connectivity index (χ1) is 10.1. The van der Waals surface area contributed by atoms with Gasteiger partial charge in [0.05, 0.1) is 6.04 Å². The maximum Gasteiger partial charge on any atom is 0.0602 e. The second-order valence-corrected chi connectivity index (χ2v) is 6.45. The Morgan fingerprint density at radius 3 is 2.43 bits per heavy atom. The molecule has 0 aromatic heterocycles. The van der Waals surface area contributed by atoms with Gasteiger partial charge >= 0.3 is 0 Å². The smallest absolute Gasteiger partial charge is 0.0602 e. The summed E-state index contributed by atoms with van der Waals surface area (Å²) in [6, 6.07) is 12.9. The number of hydrogen-bond acceptors (Lipinski definition) is 2. The van der Waals surface area contributed by atoms with Gasteiger partial charge in [0.15, 0.2) is 0 Å². The third-order valence-electron chi connectivity index (χ3n) is 3.78. The van der Waals surface area contributed by atoms with Gasteiger partial charge < -0.3 is 5.32 Å². The molecule has 1 N–H and O–H groups in total. The molecule has 0 saturated carbocycles. The van der Waals surface area contributed by atoms with Crippen molar-refractivity contribution in [1.29, 1.82) is 0 Å². The number of aryl methyl sites for hydroxylation is 2. The van der Waals surface area contributed by atoms with Crippen LogP contribution >= 0.6 is 23.4 Å². The molecular weight excluding hydrogens is 298 g/mol. The third-order valence-corrected chi connectivity index (χ3v) is 4.92.